The molecule has 0 aliphatic rings. The van der Waals surface area contributed by atoms with Crippen molar-refractivity contribution in [2.75, 3.05) is 6.54 Å². The van der Waals surface area contributed by atoms with E-state index in [9.17, 15) is 0 Å². The molecule has 2 heteroatoms. The first-order valence-electron chi connectivity index (χ1n) is 6.06. The summed E-state index contributed by atoms with van der Waals surface area (Å²) in [7, 11) is 0. The quantitative estimate of drug-likeness (QED) is 0.712. The van der Waals surface area contributed by atoms with Crippen LogP contribution < -0.4 is 5.32 Å². The standard InChI is InChI=1S/C14H21NO/c1-4-7-8-13(15-10-5-2)12-9-11-16-14(12)6-3/h1,9,11,13,15H,5-8,10H2,2-3H3. The fourth-order valence-corrected chi connectivity index (χ4v) is 1.86. The first-order valence-corrected chi connectivity index (χ1v) is 6.06. The fraction of sp³-hybridized carbons (Fsp3) is 0.571. The number of furan rings is 1. The minimum Gasteiger partial charge on any atom is -0.469 e. The lowest BCUT2D eigenvalue weighted by Crippen LogP contribution is -2.22. The van der Waals surface area contributed by atoms with Crippen LogP contribution in [0.1, 0.15) is 50.5 Å². The van der Waals surface area contributed by atoms with E-state index in [2.05, 4.69) is 31.2 Å². The summed E-state index contributed by atoms with van der Waals surface area (Å²) < 4.78 is 5.46. The van der Waals surface area contributed by atoms with Gasteiger partial charge in [-0.05, 0) is 25.5 Å². The van der Waals surface area contributed by atoms with E-state index in [4.69, 9.17) is 10.8 Å². The van der Waals surface area contributed by atoms with Crippen molar-refractivity contribution in [1.29, 1.82) is 0 Å². The van der Waals surface area contributed by atoms with E-state index in [0.717, 1.165) is 38.0 Å². The third-order valence-electron chi connectivity index (χ3n) is 2.69. The summed E-state index contributed by atoms with van der Waals surface area (Å²) in [5, 5.41) is 3.53. The Bertz CT molecular complexity index is 335. The van der Waals surface area contributed by atoms with Crippen LogP contribution in [0.25, 0.3) is 0 Å². The molecule has 1 heterocycles. The normalized spacial score (nSPS) is 12.3. The minimum atomic E-state index is 0.338. The highest BCUT2D eigenvalue weighted by Crippen LogP contribution is 2.23. The molecular formula is C14H21NO. The Morgan fingerprint density at radius 3 is 2.94 bits per heavy atom. The van der Waals surface area contributed by atoms with E-state index in [1.165, 1.54) is 5.56 Å². The van der Waals surface area contributed by atoms with E-state index in [1.54, 1.807) is 6.26 Å². The lowest BCUT2D eigenvalue weighted by Gasteiger charge is -2.17. The van der Waals surface area contributed by atoms with Crippen LogP contribution in [-0.4, -0.2) is 6.54 Å². The van der Waals surface area contributed by atoms with Gasteiger partial charge in [0.05, 0.1) is 6.26 Å². The molecule has 1 aromatic rings. The largest absolute Gasteiger partial charge is 0.469 e. The molecule has 2 nitrogen and oxygen atoms in total. The van der Waals surface area contributed by atoms with Crippen LogP contribution >= 0.6 is 0 Å². The van der Waals surface area contributed by atoms with Gasteiger partial charge in [0.1, 0.15) is 5.76 Å². The highest BCUT2D eigenvalue weighted by atomic mass is 16.3. The molecule has 0 aromatic carbocycles. The lowest BCUT2D eigenvalue weighted by atomic mass is 10.0. The Kier molecular flexibility index (Phi) is 5.74. The van der Waals surface area contributed by atoms with Gasteiger partial charge >= 0.3 is 0 Å². The number of rotatable bonds is 7. The molecule has 1 unspecified atom stereocenters. The zero-order valence-electron chi connectivity index (χ0n) is 10.3. The molecule has 0 aliphatic heterocycles. The first kappa shape index (κ1) is 12.9. The Hall–Kier alpha value is -1.20. The molecule has 0 saturated carbocycles. The van der Waals surface area contributed by atoms with Crippen molar-refractivity contribution in [3.05, 3.63) is 23.7 Å². The summed E-state index contributed by atoms with van der Waals surface area (Å²) in [6.45, 7) is 5.30. The van der Waals surface area contributed by atoms with Crippen LogP contribution in [0.4, 0.5) is 0 Å². The van der Waals surface area contributed by atoms with Gasteiger partial charge in [-0.2, -0.15) is 0 Å². The average molecular weight is 219 g/mol. The molecule has 0 aliphatic carbocycles. The minimum absolute atomic E-state index is 0.338. The maximum absolute atomic E-state index is 5.46. The number of hydrogen-bond donors (Lipinski definition) is 1. The molecule has 0 amide bonds. The highest BCUT2D eigenvalue weighted by Gasteiger charge is 2.15. The van der Waals surface area contributed by atoms with Gasteiger partial charge in [0.25, 0.3) is 0 Å². The third-order valence-corrected chi connectivity index (χ3v) is 2.69. The van der Waals surface area contributed by atoms with E-state index in [-0.39, 0.29) is 0 Å². The summed E-state index contributed by atoms with van der Waals surface area (Å²) in [4.78, 5) is 0. The van der Waals surface area contributed by atoms with Crippen LogP contribution in [0.2, 0.25) is 0 Å². The summed E-state index contributed by atoms with van der Waals surface area (Å²) in [5.74, 6) is 3.78. The summed E-state index contributed by atoms with van der Waals surface area (Å²) in [5.41, 5.74) is 1.27. The Morgan fingerprint density at radius 2 is 2.31 bits per heavy atom. The highest BCUT2D eigenvalue weighted by molar-refractivity contribution is 5.21. The van der Waals surface area contributed by atoms with Crippen molar-refractivity contribution in [2.24, 2.45) is 0 Å². The maximum atomic E-state index is 5.46. The third kappa shape index (κ3) is 3.43. The molecule has 0 fully saturated rings. The number of hydrogen-bond acceptors (Lipinski definition) is 2. The van der Waals surface area contributed by atoms with Crippen molar-refractivity contribution in [3.63, 3.8) is 0 Å². The molecule has 16 heavy (non-hydrogen) atoms. The molecule has 88 valence electrons. The van der Waals surface area contributed by atoms with E-state index in [0.29, 0.717) is 6.04 Å². The Morgan fingerprint density at radius 1 is 1.50 bits per heavy atom. The summed E-state index contributed by atoms with van der Waals surface area (Å²) in [6, 6.07) is 2.40. The molecule has 0 saturated heterocycles. The van der Waals surface area contributed by atoms with Crippen molar-refractivity contribution in [3.8, 4) is 12.3 Å². The van der Waals surface area contributed by atoms with Gasteiger partial charge in [-0.25, -0.2) is 0 Å². The van der Waals surface area contributed by atoms with Gasteiger partial charge < -0.3 is 9.73 Å². The van der Waals surface area contributed by atoms with Gasteiger partial charge in [0.15, 0.2) is 0 Å². The summed E-state index contributed by atoms with van der Waals surface area (Å²) >= 11 is 0. The molecule has 1 atom stereocenters. The lowest BCUT2D eigenvalue weighted by molar-refractivity contribution is 0.470. The van der Waals surface area contributed by atoms with E-state index >= 15 is 0 Å². The monoisotopic (exact) mass is 219 g/mol. The molecule has 1 aromatic heterocycles. The van der Waals surface area contributed by atoms with Gasteiger partial charge in [-0.3, -0.25) is 0 Å². The van der Waals surface area contributed by atoms with Crippen LogP contribution in [0, 0.1) is 12.3 Å². The number of aryl methyl sites for hydroxylation is 1. The Balaban J connectivity index is 2.70. The van der Waals surface area contributed by atoms with Crippen LogP contribution in [-0.2, 0) is 6.42 Å². The Labute approximate surface area is 98.4 Å². The van der Waals surface area contributed by atoms with Crippen molar-refractivity contribution >= 4 is 0 Å². The number of nitrogens with one attached hydrogen (secondary N) is 1. The second-order valence-corrected chi connectivity index (χ2v) is 3.90. The van der Waals surface area contributed by atoms with E-state index in [1.807, 2.05) is 0 Å². The SMILES string of the molecule is C#CCCC(NCCC)c1ccoc1CC. The molecule has 0 bridgehead atoms. The topological polar surface area (TPSA) is 25.2 Å². The van der Waals surface area contributed by atoms with Crippen molar-refractivity contribution < 1.29 is 4.42 Å². The van der Waals surface area contributed by atoms with Crippen molar-refractivity contribution in [1.82, 2.24) is 5.32 Å². The fourth-order valence-electron chi connectivity index (χ4n) is 1.86. The van der Waals surface area contributed by atoms with Crippen molar-refractivity contribution in [2.45, 2.75) is 45.6 Å². The molecule has 1 rings (SSSR count). The number of terminal acetylenes is 1. The second kappa shape index (κ2) is 7.14. The first-order chi connectivity index (χ1) is 7.83. The predicted octanol–water partition coefficient (Wildman–Crippen LogP) is 3.30. The predicted molar refractivity (Wildman–Crippen MR) is 67.2 cm³/mol. The van der Waals surface area contributed by atoms with Gasteiger partial charge in [-0.1, -0.05) is 13.8 Å². The van der Waals surface area contributed by atoms with E-state index < -0.39 is 0 Å². The van der Waals surface area contributed by atoms with Gasteiger partial charge in [0, 0.05) is 24.4 Å². The second-order valence-electron chi connectivity index (χ2n) is 3.90. The van der Waals surface area contributed by atoms with Gasteiger partial charge in [-0.15, -0.1) is 12.3 Å². The van der Waals surface area contributed by atoms with Crippen LogP contribution in [0.15, 0.2) is 16.7 Å². The zero-order valence-corrected chi connectivity index (χ0v) is 10.3. The molecule has 0 spiro atoms. The summed E-state index contributed by atoms with van der Waals surface area (Å²) in [6.07, 6.45) is 10.9. The zero-order chi connectivity index (χ0) is 11.8. The molecule has 1 N–H and O–H groups in total. The van der Waals surface area contributed by atoms with Crippen LogP contribution in [0.5, 0.6) is 0 Å². The smallest absolute Gasteiger partial charge is 0.108 e. The maximum Gasteiger partial charge on any atom is 0.108 e. The molecule has 0 radical (unpaired) electrons. The van der Waals surface area contributed by atoms with Gasteiger partial charge in [0.2, 0.25) is 0 Å². The average Bonchev–Trinajstić information content (AvgIpc) is 2.77. The van der Waals surface area contributed by atoms with Crippen LogP contribution in [0.3, 0.4) is 0 Å². The molecular weight excluding hydrogens is 198 g/mol.